The molecule has 2 rings (SSSR count). The Hall–Kier alpha value is -1.35. The number of aliphatic hydroxyl groups is 1. The van der Waals surface area contributed by atoms with Gasteiger partial charge in [0.1, 0.15) is 0 Å². The van der Waals surface area contributed by atoms with Crippen molar-refractivity contribution in [1.82, 2.24) is 4.90 Å². The van der Waals surface area contributed by atoms with Crippen molar-refractivity contribution in [1.29, 1.82) is 0 Å². The average Bonchev–Trinajstić information content (AvgIpc) is 2.61. The summed E-state index contributed by atoms with van der Waals surface area (Å²) in [5.41, 5.74) is 3.03. The first-order chi connectivity index (χ1) is 9.97. The molecule has 1 saturated heterocycles. The number of aryl methyl sites for hydroxylation is 2. The van der Waals surface area contributed by atoms with Gasteiger partial charge in [-0.25, -0.2) is 0 Å². The van der Waals surface area contributed by atoms with Crippen LogP contribution in [0, 0.1) is 13.8 Å². The van der Waals surface area contributed by atoms with Gasteiger partial charge in [0, 0.05) is 18.2 Å². The largest absolute Gasteiger partial charge is 0.393 e. The van der Waals surface area contributed by atoms with Gasteiger partial charge < -0.3 is 10.0 Å². The Bertz CT molecular complexity index is 476. The van der Waals surface area contributed by atoms with E-state index in [1.54, 1.807) is 0 Å². The topological polar surface area (TPSA) is 40.5 Å². The molecule has 1 heterocycles. The Morgan fingerprint density at radius 1 is 1.24 bits per heavy atom. The standard InChI is InChI=1S/C18H27NO2/c1-13-9-14(2)11-16(10-13)18(21)19-8-6-4-5-7-17(19)12-15(3)20/h9-11,15,17,20H,4-8,12H2,1-3H3. The first-order valence-corrected chi connectivity index (χ1v) is 8.04. The van der Waals surface area contributed by atoms with Gasteiger partial charge in [0.15, 0.2) is 0 Å². The number of hydrogen-bond donors (Lipinski definition) is 1. The monoisotopic (exact) mass is 289 g/mol. The minimum Gasteiger partial charge on any atom is -0.393 e. The molecule has 1 amide bonds. The highest BCUT2D eigenvalue weighted by atomic mass is 16.3. The Labute approximate surface area is 128 Å². The molecule has 0 aliphatic carbocycles. The van der Waals surface area contributed by atoms with Crippen molar-refractivity contribution in [2.45, 2.75) is 65.0 Å². The maximum atomic E-state index is 12.9. The molecule has 1 aliphatic rings. The van der Waals surface area contributed by atoms with Crippen LogP contribution < -0.4 is 0 Å². The van der Waals surface area contributed by atoms with Crippen LogP contribution in [0.3, 0.4) is 0 Å². The molecule has 1 aromatic carbocycles. The van der Waals surface area contributed by atoms with Crippen LogP contribution in [0.2, 0.25) is 0 Å². The Balaban J connectivity index is 2.24. The van der Waals surface area contributed by atoms with E-state index in [0.29, 0.717) is 6.42 Å². The third kappa shape index (κ3) is 4.31. The molecule has 1 N–H and O–H groups in total. The number of aliphatic hydroxyl groups excluding tert-OH is 1. The maximum Gasteiger partial charge on any atom is 0.254 e. The fourth-order valence-corrected chi connectivity index (χ4v) is 3.35. The van der Waals surface area contributed by atoms with Gasteiger partial charge in [-0.05, 0) is 52.2 Å². The molecule has 0 radical (unpaired) electrons. The number of benzene rings is 1. The zero-order chi connectivity index (χ0) is 15.4. The first kappa shape index (κ1) is 16.0. The second-order valence-electron chi connectivity index (χ2n) is 6.46. The van der Waals surface area contributed by atoms with E-state index in [-0.39, 0.29) is 18.1 Å². The van der Waals surface area contributed by atoms with Gasteiger partial charge >= 0.3 is 0 Å². The third-order valence-electron chi connectivity index (χ3n) is 4.22. The fraction of sp³-hybridized carbons (Fsp3) is 0.611. The highest BCUT2D eigenvalue weighted by molar-refractivity contribution is 5.94. The van der Waals surface area contributed by atoms with Gasteiger partial charge in [0.05, 0.1) is 6.10 Å². The lowest BCUT2D eigenvalue weighted by molar-refractivity contribution is 0.0607. The van der Waals surface area contributed by atoms with Crippen molar-refractivity contribution < 1.29 is 9.90 Å². The summed E-state index contributed by atoms with van der Waals surface area (Å²) in [5, 5.41) is 9.72. The molecule has 0 spiro atoms. The zero-order valence-corrected chi connectivity index (χ0v) is 13.4. The summed E-state index contributed by atoms with van der Waals surface area (Å²) in [6.07, 6.45) is 4.70. The van der Waals surface area contributed by atoms with Crippen molar-refractivity contribution in [3.8, 4) is 0 Å². The molecule has 116 valence electrons. The second kappa shape index (κ2) is 7.08. The lowest BCUT2D eigenvalue weighted by atomic mass is 10.0. The number of amides is 1. The molecule has 1 fully saturated rings. The lowest BCUT2D eigenvalue weighted by Gasteiger charge is -2.31. The van der Waals surface area contributed by atoms with Crippen LogP contribution in [0.1, 0.15) is 60.5 Å². The van der Waals surface area contributed by atoms with Gasteiger partial charge in [-0.2, -0.15) is 0 Å². The summed E-state index contributed by atoms with van der Waals surface area (Å²) in [7, 11) is 0. The quantitative estimate of drug-likeness (QED) is 0.925. The van der Waals surface area contributed by atoms with Crippen molar-refractivity contribution in [2.24, 2.45) is 0 Å². The van der Waals surface area contributed by atoms with Crippen LogP contribution >= 0.6 is 0 Å². The normalized spacial score (nSPS) is 21.0. The van der Waals surface area contributed by atoms with E-state index < -0.39 is 0 Å². The second-order valence-corrected chi connectivity index (χ2v) is 6.46. The van der Waals surface area contributed by atoms with Crippen molar-refractivity contribution in [2.75, 3.05) is 6.54 Å². The highest BCUT2D eigenvalue weighted by Gasteiger charge is 2.27. The van der Waals surface area contributed by atoms with Gasteiger partial charge in [-0.1, -0.05) is 30.0 Å². The highest BCUT2D eigenvalue weighted by Crippen LogP contribution is 2.23. The molecule has 0 bridgehead atoms. The van der Waals surface area contributed by atoms with Crippen molar-refractivity contribution >= 4 is 5.91 Å². The van der Waals surface area contributed by atoms with E-state index in [4.69, 9.17) is 0 Å². The summed E-state index contributed by atoms with van der Waals surface area (Å²) in [5.74, 6) is 0.120. The van der Waals surface area contributed by atoms with Gasteiger partial charge in [-0.15, -0.1) is 0 Å². The van der Waals surface area contributed by atoms with E-state index in [1.165, 1.54) is 6.42 Å². The molecule has 3 nitrogen and oxygen atoms in total. The number of likely N-dealkylation sites (tertiary alicyclic amines) is 1. The molecule has 0 aromatic heterocycles. The molecule has 2 atom stereocenters. The smallest absolute Gasteiger partial charge is 0.254 e. The fourth-order valence-electron chi connectivity index (χ4n) is 3.35. The lowest BCUT2D eigenvalue weighted by Crippen LogP contribution is -2.41. The molecular formula is C18H27NO2. The van der Waals surface area contributed by atoms with E-state index >= 15 is 0 Å². The molecule has 21 heavy (non-hydrogen) atoms. The minimum absolute atomic E-state index is 0.120. The van der Waals surface area contributed by atoms with E-state index in [9.17, 15) is 9.90 Å². The third-order valence-corrected chi connectivity index (χ3v) is 4.22. The molecular weight excluding hydrogens is 262 g/mol. The SMILES string of the molecule is Cc1cc(C)cc(C(=O)N2CCCCCC2CC(C)O)c1. The van der Waals surface area contributed by atoms with Crippen LogP contribution in [0.5, 0.6) is 0 Å². The van der Waals surface area contributed by atoms with Crippen LogP contribution in [0.4, 0.5) is 0 Å². The van der Waals surface area contributed by atoms with Gasteiger partial charge in [0.2, 0.25) is 0 Å². The predicted octanol–water partition coefficient (Wildman–Crippen LogP) is 3.46. The summed E-state index contributed by atoms with van der Waals surface area (Å²) < 4.78 is 0. The molecule has 3 heteroatoms. The summed E-state index contributed by atoms with van der Waals surface area (Å²) >= 11 is 0. The molecule has 2 unspecified atom stereocenters. The summed E-state index contributed by atoms with van der Waals surface area (Å²) in [6, 6.07) is 6.20. The van der Waals surface area contributed by atoms with Crippen LogP contribution in [0.15, 0.2) is 18.2 Å². The van der Waals surface area contributed by atoms with Crippen molar-refractivity contribution in [3.05, 3.63) is 34.9 Å². The van der Waals surface area contributed by atoms with Gasteiger partial charge in [-0.3, -0.25) is 4.79 Å². The van der Waals surface area contributed by atoms with Crippen LogP contribution in [-0.4, -0.2) is 34.6 Å². The Kier molecular flexibility index (Phi) is 5.40. The van der Waals surface area contributed by atoms with E-state index in [0.717, 1.165) is 42.5 Å². The zero-order valence-electron chi connectivity index (χ0n) is 13.4. The molecule has 1 aromatic rings. The number of nitrogens with zero attached hydrogens (tertiary/aromatic N) is 1. The first-order valence-electron chi connectivity index (χ1n) is 8.04. The summed E-state index contributed by atoms with van der Waals surface area (Å²) in [4.78, 5) is 14.9. The number of hydrogen-bond acceptors (Lipinski definition) is 2. The van der Waals surface area contributed by atoms with E-state index in [1.807, 2.05) is 37.8 Å². The van der Waals surface area contributed by atoms with Crippen LogP contribution in [0.25, 0.3) is 0 Å². The van der Waals surface area contributed by atoms with Gasteiger partial charge in [0.25, 0.3) is 5.91 Å². The number of carbonyl (C=O) groups excluding carboxylic acids is 1. The average molecular weight is 289 g/mol. The van der Waals surface area contributed by atoms with Crippen molar-refractivity contribution in [3.63, 3.8) is 0 Å². The minimum atomic E-state index is -0.359. The molecule has 0 saturated carbocycles. The maximum absolute atomic E-state index is 12.9. The number of carbonyl (C=O) groups is 1. The Morgan fingerprint density at radius 3 is 2.52 bits per heavy atom. The number of rotatable bonds is 3. The van der Waals surface area contributed by atoms with E-state index in [2.05, 4.69) is 6.07 Å². The predicted molar refractivity (Wildman–Crippen MR) is 85.5 cm³/mol. The Morgan fingerprint density at radius 2 is 1.90 bits per heavy atom. The molecule has 1 aliphatic heterocycles. The van der Waals surface area contributed by atoms with Crippen LogP contribution in [-0.2, 0) is 0 Å². The summed E-state index contributed by atoms with van der Waals surface area (Å²) in [6.45, 7) is 6.67.